The molecule has 2 fully saturated rings. The first-order chi connectivity index (χ1) is 20.5. The van der Waals surface area contributed by atoms with Crippen molar-refractivity contribution >= 4 is 17.7 Å². The first-order valence-corrected chi connectivity index (χ1v) is 14.0. The predicted octanol–water partition coefficient (Wildman–Crippen LogP) is 3.54. The van der Waals surface area contributed by atoms with Gasteiger partial charge in [-0.2, -0.15) is 0 Å². The number of likely N-dealkylation sites (tertiary alicyclic amines) is 1. The highest BCUT2D eigenvalue weighted by Crippen LogP contribution is 2.51. The molecule has 6 rings (SSSR count). The third-order valence-corrected chi connectivity index (χ3v) is 8.97. The summed E-state index contributed by atoms with van der Waals surface area (Å²) in [7, 11) is 0. The molecule has 2 saturated heterocycles. The number of hydrogen-bond acceptors (Lipinski definition) is 5. The van der Waals surface area contributed by atoms with E-state index >= 15 is 0 Å². The zero-order valence-corrected chi connectivity index (χ0v) is 23.3. The van der Waals surface area contributed by atoms with E-state index in [0.29, 0.717) is 25.0 Å². The third kappa shape index (κ3) is 4.84. The quantitative estimate of drug-likeness (QED) is 0.469. The highest BCUT2D eigenvalue weighted by atomic mass is 19.1. The zero-order valence-electron chi connectivity index (χ0n) is 23.3. The van der Waals surface area contributed by atoms with E-state index in [9.17, 15) is 32.3 Å². The Bertz CT molecular complexity index is 1690. The van der Waals surface area contributed by atoms with Crippen LogP contribution < -0.4 is 15.9 Å². The zero-order chi connectivity index (χ0) is 30.6. The number of rotatable bonds is 6. The number of carbonyl (C=O) groups excluding carboxylic acids is 3. The maximum atomic E-state index is 14.5. The van der Waals surface area contributed by atoms with Gasteiger partial charge in [0.25, 0.3) is 11.8 Å². The Balaban J connectivity index is 1.45. The van der Waals surface area contributed by atoms with Gasteiger partial charge in [-0.15, -0.1) is 0 Å². The molecule has 224 valence electrons. The molecule has 0 unspecified atom stereocenters. The van der Waals surface area contributed by atoms with Crippen molar-refractivity contribution in [3.8, 4) is 5.75 Å². The van der Waals surface area contributed by atoms with Gasteiger partial charge >= 0.3 is 0 Å². The molecule has 3 amide bonds. The number of aromatic nitrogens is 1. The first-order valence-electron chi connectivity index (χ1n) is 14.0. The number of nitrogens with two attached hydrogens (primary N) is 1. The molecular weight excluding hydrogens is 565 g/mol. The number of primary amides is 1. The molecule has 0 saturated carbocycles. The van der Waals surface area contributed by atoms with Crippen molar-refractivity contribution in [2.24, 2.45) is 11.1 Å². The van der Waals surface area contributed by atoms with E-state index in [1.165, 1.54) is 15.7 Å². The summed E-state index contributed by atoms with van der Waals surface area (Å²) in [6, 6.07) is 9.27. The Morgan fingerprint density at radius 3 is 2.47 bits per heavy atom. The van der Waals surface area contributed by atoms with Gasteiger partial charge in [-0.25, -0.2) is 13.2 Å². The number of halogens is 3. The molecule has 2 aromatic carbocycles. The van der Waals surface area contributed by atoms with E-state index in [0.717, 1.165) is 5.56 Å². The molecule has 3 atom stereocenters. The van der Waals surface area contributed by atoms with Gasteiger partial charge in [0.05, 0.1) is 12.6 Å². The number of benzene rings is 2. The smallest absolute Gasteiger partial charge is 0.274 e. The lowest BCUT2D eigenvalue weighted by Crippen LogP contribution is -2.51. The molecular formula is C31H29F3N4O5. The van der Waals surface area contributed by atoms with Crippen molar-refractivity contribution in [2.75, 3.05) is 13.1 Å². The summed E-state index contributed by atoms with van der Waals surface area (Å²) in [6.07, 6.45) is 2.25. The van der Waals surface area contributed by atoms with E-state index < -0.39 is 58.3 Å². The topological polar surface area (TPSA) is 115 Å². The van der Waals surface area contributed by atoms with Crippen molar-refractivity contribution in [3.05, 3.63) is 98.7 Å². The van der Waals surface area contributed by atoms with Gasteiger partial charge in [-0.1, -0.05) is 30.3 Å². The Morgan fingerprint density at radius 2 is 1.79 bits per heavy atom. The van der Waals surface area contributed by atoms with E-state index in [-0.39, 0.29) is 55.1 Å². The number of hydrogen-bond donors (Lipinski definition) is 1. The van der Waals surface area contributed by atoms with Crippen molar-refractivity contribution in [3.63, 3.8) is 0 Å². The maximum Gasteiger partial charge on any atom is 0.274 e. The molecule has 0 aliphatic carbocycles. The minimum Gasteiger partial charge on any atom is -0.483 e. The molecule has 0 radical (unpaired) electrons. The van der Waals surface area contributed by atoms with Crippen LogP contribution in [0.2, 0.25) is 0 Å². The predicted molar refractivity (Wildman–Crippen MR) is 148 cm³/mol. The molecule has 1 spiro atoms. The van der Waals surface area contributed by atoms with Crippen LogP contribution in [0.1, 0.15) is 64.2 Å². The van der Waals surface area contributed by atoms with Crippen LogP contribution in [0.3, 0.4) is 0 Å². The second kappa shape index (κ2) is 10.6. The van der Waals surface area contributed by atoms with Crippen LogP contribution in [-0.2, 0) is 17.9 Å². The second-order valence-electron chi connectivity index (χ2n) is 11.6. The summed E-state index contributed by atoms with van der Waals surface area (Å²) in [5.74, 6) is -5.36. The molecule has 1 aromatic heterocycles. The van der Waals surface area contributed by atoms with E-state index in [4.69, 9.17) is 10.5 Å². The lowest BCUT2D eigenvalue weighted by atomic mass is 9.75. The minimum atomic E-state index is -1.09. The van der Waals surface area contributed by atoms with Crippen LogP contribution in [0.15, 0.2) is 53.5 Å². The number of ether oxygens (including phenoxy) is 1. The van der Waals surface area contributed by atoms with Crippen molar-refractivity contribution < 1.29 is 32.3 Å². The summed E-state index contributed by atoms with van der Waals surface area (Å²) < 4.78 is 50.1. The summed E-state index contributed by atoms with van der Waals surface area (Å²) in [5.41, 5.74) is 3.85. The lowest BCUT2D eigenvalue weighted by molar-refractivity contribution is -0.128. The molecule has 2 N–H and O–H groups in total. The fourth-order valence-electron chi connectivity index (χ4n) is 6.67. The summed E-state index contributed by atoms with van der Waals surface area (Å²) >= 11 is 0. The van der Waals surface area contributed by atoms with Crippen LogP contribution in [0.5, 0.6) is 5.75 Å². The standard InChI is InChI=1S/C31H29F3N4O5/c1-17-7-8-31(11-25(39)36(16-31)12-20-22(33)9-19(32)10-23(20)34)24-14-37(17)30(42)26-28(43-15-18-5-3-2-4-6-18)27(40)21(29(35)41)13-38(24)26/h2-6,9-10,13,17,24H,7-8,11-12,14-16H2,1H3,(H2,35,41)/t17-,24+,31-/m0/s1. The molecule has 3 aliphatic rings. The fourth-order valence-corrected chi connectivity index (χ4v) is 6.67. The van der Waals surface area contributed by atoms with Crippen LogP contribution in [0, 0.1) is 22.9 Å². The first kappa shape index (κ1) is 28.5. The monoisotopic (exact) mass is 594 g/mol. The Morgan fingerprint density at radius 1 is 1.09 bits per heavy atom. The maximum absolute atomic E-state index is 14.5. The average molecular weight is 595 g/mol. The van der Waals surface area contributed by atoms with Gasteiger partial charge in [0.2, 0.25) is 11.3 Å². The largest absolute Gasteiger partial charge is 0.483 e. The average Bonchev–Trinajstić information content (AvgIpc) is 3.22. The molecule has 43 heavy (non-hydrogen) atoms. The number of pyridine rings is 1. The SMILES string of the molecule is C[C@H]1CC[C@@]2(CC(=O)N(Cc3c(F)cc(F)cc3F)C2)[C@H]2CN1C(=O)c1c(OCc3ccccc3)c(=O)c(C(N)=O)cn12. The molecule has 9 nitrogen and oxygen atoms in total. The normalized spacial score (nSPS) is 23.0. The summed E-state index contributed by atoms with van der Waals surface area (Å²) in [6.45, 7) is 1.68. The van der Waals surface area contributed by atoms with Crippen LogP contribution in [-0.4, -0.2) is 51.2 Å². The van der Waals surface area contributed by atoms with Gasteiger partial charge in [0.1, 0.15) is 29.6 Å². The van der Waals surface area contributed by atoms with Crippen molar-refractivity contribution in [1.82, 2.24) is 14.4 Å². The van der Waals surface area contributed by atoms with E-state index in [2.05, 4.69) is 0 Å². The van der Waals surface area contributed by atoms with Gasteiger partial charge in [-0.05, 0) is 25.3 Å². The number of amides is 3. The molecule has 2 bridgehead atoms. The lowest BCUT2D eigenvalue weighted by Gasteiger charge is -2.43. The van der Waals surface area contributed by atoms with Gasteiger partial charge < -0.3 is 24.8 Å². The summed E-state index contributed by atoms with van der Waals surface area (Å²) in [4.78, 5) is 56.2. The van der Waals surface area contributed by atoms with Crippen LogP contribution in [0.25, 0.3) is 0 Å². The number of nitrogens with zero attached hydrogens (tertiary/aromatic N) is 3. The van der Waals surface area contributed by atoms with E-state index in [1.807, 2.05) is 13.0 Å². The fraction of sp³-hybridized carbons (Fsp3) is 0.355. The van der Waals surface area contributed by atoms with Gasteiger partial charge in [0, 0.05) is 54.9 Å². The van der Waals surface area contributed by atoms with Gasteiger partial charge in [-0.3, -0.25) is 19.2 Å². The highest BCUT2D eigenvalue weighted by molar-refractivity contribution is 5.99. The van der Waals surface area contributed by atoms with Crippen LogP contribution in [0.4, 0.5) is 13.2 Å². The second-order valence-corrected chi connectivity index (χ2v) is 11.6. The van der Waals surface area contributed by atoms with Crippen LogP contribution >= 0.6 is 0 Å². The molecule has 3 aromatic rings. The minimum absolute atomic E-state index is 0.00543. The molecule has 4 heterocycles. The molecule has 3 aliphatic heterocycles. The highest BCUT2D eigenvalue weighted by Gasteiger charge is 2.55. The number of fused-ring (bicyclic) bond motifs is 5. The van der Waals surface area contributed by atoms with Crippen molar-refractivity contribution in [1.29, 1.82) is 0 Å². The summed E-state index contributed by atoms with van der Waals surface area (Å²) in [5, 5.41) is 0. The number of carbonyl (C=O) groups is 3. The Labute approximate surface area is 244 Å². The molecule has 12 heteroatoms. The third-order valence-electron chi connectivity index (χ3n) is 8.97. The Kier molecular flexibility index (Phi) is 7.02. The van der Waals surface area contributed by atoms with Gasteiger partial charge in [0.15, 0.2) is 11.4 Å². The van der Waals surface area contributed by atoms with E-state index in [1.54, 1.807) is 29.2 Å². The Hall–Kier alpha value is -4.61. The van der Waals surface area contributed by atoms with Crippen molar-refractivity contribution in [2.45, 2.75) is 51.4 Å².